The maximum Gasteiger partial charge on any atom is 0.416 e. The van der Waals surface area contributed by atoms with Crippen LogP contribution < -0.4 is 57.2 Å². The first kappa shape index (κ1) is 106. The predicted molar refractivity (Wildman–Crippen MR) is 557 cm³/mol. The number of oxazole rings is 1. The number of ether oxygens (including phenoxy) is 1. The van der Waals surface area contributed by atoms with Crippen molar-refractivity contribution in [2.24, 2.45) is 0 Å². The molecule has 1 saturated carbocycles. The molecule has 141 heavy (non-hydrogen) atoms. The van der Waals surface area contributed by atoms with Gasteiger partial charge in [0.1, 0.15) is 20.8 Å². The zero-order valence-corrected chi connectivity index (χ0v) is 84.2. The SMILES string of the molecule is C=CC(=O)Nc1ccc(C(=O)N2CCC[C@@H](Nc3ncc(N(C)C4CCC(O)CC4)s3)C2)cc1.C=CC(=O)Nc1ccc(C(=O)N2CCC[C@@H](Nc3ncc(N(C)C4CCOCC4)s3)C2)cc1.C=CC(=O)Nc1ccc(C(=O)N2CCC[C@@H](Nc3ncc(N(C)Cc4cccc(C(F)(F)F)c4)s3)C2)cc1.C=CC(=O)Nc1ccc(C(=O)N2CCC[C@H](Nc3ncc(SCc4ncc(C(C)(C)C)o4)s3)C2)cc1. The van der Waals surface area contributed by atoms with Gasteiger partial charge >= 0.3 is 6.18 Å². The molecule has 5 aliphatic heterocycles. The summed E-state index contributed by atoms with van der Waals surface area (Å²) in [6, 6.07) is 34.3. The Morgan fingerprint density at radius 2 is 0.801 bits per heavy atom. The van der Waals surface area contributed by atoms with Gasteiger partial charge in [-0.3, -0.25) is 38.4 Å². The number of aliphatic hydroxyl groups is 1. The Bertz CT molecular complexity index is 5900. The maximum atomic E-state index is 13.0. The Morgan fingerprint density at radius 3 is 1.16 bits per heavy atom. The van der Waals surface area contributed by atoms with Crippen molar-refractivity contribution in [1.82, 2.24) is 44.5 Å². The number of amides is 8. The average molecular weight is 2020 g/mol. The van der Waals surface area contributed by atoms with Crippen LogP contribution in [0.15, 0.2) is 212 Å². The van der Waals surface area contributed by atoms with Gasteiger partial charge in [-0.2, -0.15) is 13.2 Å². The van der Waals surface area contributed by atoms with Crippen molar-refractivity contribution >= 4 is 163 Å². The molecular formula is C102H123F3N20O11S5. The van der Waals surface area contributed by atoms with E-state index in [-0.39, 0.29) is 82.9 Å². The van der Waals surface area contributed by atoms with E-state index < -0.39 is 11.7 Å². The van der Waals surface area contributed by atoms with E-state index in [1.807, 2.05) is 45.2 Å². The standard InChI is InChI=1S/C27H28F3N5O2S.C26H31N5O3S2.C25H33N5O3S.C24H31N5O3S/c1-3-23(36)32-21-11-9-19(10-12-21)25(37)35-13-5-8-22(17-35)33-26-31-15-24(38-26)34(2)16-18-6-4-7-20(14-18)27(28,29)30;1-5-21(32)29-18-10-8-17(9-11-18)24(33)31-12-6-7-19(15-31)30-25-28-14-23(36-25)35-16-22-27-13-20(34-22)26(2,3)4;1-3-22(32)27-18-8-6-17(7-9-18)24(33)30-14-4-5-19(16-30)28-25-26-15-23(34-25)29(2)20-10-12-21(31)13-11-20;1-3-21(30)26-18-8-6-17(7-9-18)23(31)29-12-4-5-19(16-29)27-24-25-15-22(33-24)28(2)20-10-13-32-14-11-20/h3-4,6-7,9-12,14-15,22H,1,5,8,13,16-17H2,2H3,(H,31,33)(H,32,36);5,8-11,13-14,19H,1,6-7,12,15-16H2,2-4H3,(H,28,30)(H,29,32);3,6-9,15,19-21,31H,1,4-5,10-14,16H2,2H3,(H,26,28)(H,27,32);3,6-9,15,19-20H,1,4-5,10-14,16H2,2H3,(H,25,27)(H,26,30)/t22-;19-;19-,20?,21?;19-/m1011/s1. The molecule has 31 nitrogen and oxygen atoms in total. The first-order valence-electron chi connectivity index (χ1n) is 47.2. The van der Waals surface area contributed by atoms with E-state index in [9.17, 15) is 56.6 Å². The molecule has 6 fully saturated rings. The third-order valence-electron chi connectivity index (χ3n) is 24.8. The number of hydrogen-bond acceptors (Lipinski definition) is 28. The molecule has 9 N–H and O–H groups in total. The molecule has 0 radical (unpaired) electrons. The van der Waals surface area contributed by atoms with Crippen molar-refractivity contribution in [3.63, 3.8) is 0 Å². The largest absolute Gasteiger partial charge is 0.444 e. The minimum absolute atomic E-state index is 0.00201. The topological polar surface area (TPSA) is 363 Å². The molecule has 4 atom stereocenters. The number of aromatic nitrogens is 5. The summed E-state index contributed by atoms with van der Waals surface area (Å²) in [7, 11) is 6.05. The van der Waals surface area contributed by atoms with Gasteiger partial charge in [0.15, 0.2) is 20.5 Å². The number of aliphatic hydroxyl groups excluding tert-OH is 1. The Balaban J connectivity index is 0.000000158. The normalized spacial score (nSPS) is 18.2. The molecule has 10 aromatic rings. The summed E-state index contributed by atoms with van der Waals surface area (Å²) in [6.45, 7) is 27.2. The molecule has 0 bridgehead atoms. The van der Waals surface area contributed by atoms with Crippen LogP contribution in [0.5, 0.6) is 0 Å². The van der Waals surface area contributed by atoms with Gasteiger partial charge < -0.3 is 91.1 Å². The lowest BCUT2D eigenvalue weighted by Gasteiger charge is -2.33. The number of nitrogens with one attached hydrogen (secondary N) is 8. The smallest absolute Gasteiger partial charge is 0.416 e. The molecule has 10 heterocycles. The Labute approximate surface area is 840 Å². The van der Waals surface area contributed by atoms with E-state index in [1.165, 1.54) is 41.7 Å². The maximum absolute atomic E-state index is 13.0. The van der Waals surface area contributed by atoms with Crippen molar-refractivity contribution in [3.8, 4) is 0 Å². The highest BCUT2D eigenvalue weighted by Crippen LogP contribution is 2.39. The molecule has 16 rings (SSSR count). The van der Waals surface area contributed by atoms with E-state index in [0.717, 1.165) is 175 Å². The molecule has 5 aromatic carbocycles. The van der Waals surface area contributed by atoms with Crippen LogP contribution in [-0.4, -0.2) is 226 Å². The van der Waals surface area contributed by atoms with Crippen molar-refractivity contribution in [1.29, 1.82) is 0 Å². The third kappa shape index (κ3) is 31.1. The van der Waals surface area contributed by atoms with Crippen molar-refractivity contribution in [3.05, 3.63) is 248 Å². The zero-order valence-electron chi connectivity index (χ0n) is 80.1. The van der Waals surface area contributed by atoms with Gasteiger partial charge in [0, 0.05) is 180 Å². The summed E-state index contributed by atoms with van der Waals surface area (Å²) in [5.41, 5.74) is 4.68. The van der Waals surface area contributed by atoms with Gasteiger partial charge in [-0.1, -0.05) is 105 Å². The van der Waals surface area contributed by atoms with Crippen molar-refractivity contribution < 1.29 is 65.8 Å². The predicted octanol–water partition coefficient (Wildman–Crippen LogP) is 18.5. The minimum Gasteiger partial charge on any atom is -0.444 e. The fourth-order valence-corrected chi connectivity index (χ4v) is 21.4. The number of anilines is 11. The quantitative estimate of drug-likeness (QED) is 0.0149. The number of benzene rings is 5. The second-order valence-corrected chi connectivity index (χ2v) is 41.6. The van der Waals surface area contributed by atoms with E-state index in [4.69, 9.17) is 9.15 Å². The summed E-state index contributed by atoms with van der Waals surface area (Å²) < 4.78 is 51.5. The second kappa shape index (κ2) is 50.6. The van der Waals surface area contributed by atoms with Crippen molar-refractivity contribution in [2.45, 2.75) is 181 Å². The van der Waals surface area contributed by atoms with Crippen LogP contribution in [-0.2, 0) is 47.8 Å². The van der Waals surface area contributed by atoms with E-state index in [1.54, 1.807) is 166 Å². The molecule has 5 saturated heterocycles. The first-order valence-corrected chi connectivity index (χ1v) is 51.4. The molecule has 0 spiro atoms. The third-order valence-corrected chi connectivity index (χ3v) is 30.0. The number of likely N-dealkylation sites (tertiary alicyclic amines) is 4. The molecule has 6 aliphatic rings. The fourth-order valence-electron chi connectivity index (χ4n) is 16.9. The number of nitrogens with zero attached hydrogens (tertiary/aromatic N) is 12. The highest BCUT2D eigenvalue weighted by Gasteiger charge is 2.35. The summed E-state index contributed by atoms with van der Waals surface area (Å²) in [6.07, 6.45) is 22.8. The number of carbonyl (C=O) groups excluding carboxylic acids is 8. The summed E-state index contributed by atoms with van der Waals surface area (Å²) in [4.78, 5) is 134. The van der Waals surface area contributed by atoms with Crippen LogP contribution in [0.2, 0.25) is 0 Å². The highest BCUT2D eigenvalue weighted by molar-refractivity contribution is 8.00. The van der Waals surface area contributed by atoms with Gasteiger partial charge in [-0.05, 0) is 229 Å². The number of halogens is 3. The van der Waals surface area contributed by atoms with Gasteiger partial charge in [0.2, 0.25) is 29.5 Å². The van der Waals surface area contributed by atoms with Gasteiger partial charge in [0.05, 0.1) is 52.6 Å². The molecule has 5 aromatic heterocycles. The molecule has 39 heteroatoms. The minimum atomic E-state index is -4.38. The number of carbonyl (C=O) groups is 8. The number of rotatable bonds is 30. The summed E-state index contributed by atoms with van der Waals surface area (Å²) in [5.74, 6) is 0.992. The van der Waals surface area contributed by atoms with Crippen molar-refractivity contribution in [2.75, 3.05) is 144 Å². The molecular weight excluding hydrogens is 1900 g/mol. The molecule has 8 amide bonds. The monoisotopic (exact) mass is 2020 g/mol. The van der Waals surface area contributed by atoms with Gasteiger partial charge in [-0.15, -0.1) is 11.8 Å². The summed E-state index contributed by atoms with van der Waals surface area (Å²) >= 11 is 7.97. The number of piperidine rings is 4. The highest BCUT2D eigenvalue weighted by atomic mass is 32.2. The number of thiazole rings is 4. The average Bonchev–Trinajstić information content (AvgIpc) is 1.82. The Morgan fingerprint density at radius 1 is 0.454 bits per heavy atom. The van der Waals surface area contributed by atoms with Gasteiger partial charge in [-0.25, -0.2) is 24.9 Å². The van der Waals surface area contributed by atoms with Crippen LogP contribution in [0.1, 0.15) is 175 Å². The van der Waals surface area contributed by atoms with Crippen LogP contribution >= 0.6 is 57.1 Å². The van der Waals surface area contributed by atoms with Gasteiger partial charge in [0.25, 0.3) is 23.6 Å². The van der Waals surface area contributed by atoms with E-state index in [0.29, 0.717) is 119 Å². The van der Waals surface area contributed by atoms with E-state index >= 15 is 0 Å². The Kier molecular flexibility index (Phi) is 37.8. The molecule has 748 valence electrons. The number of thioether (sulfide) groups is 1. The summed E-state index contributed by atoms with van der Waals surface area (Å²) in [5, 5.41) is 40.9. The zero-order chi connectivity index (χ0) is 100. The lowest BCUT2D eigenvalue weighted by molar-refractivity contribution is -0.137. The first-order chi connectivity index (χ1) is 67.8. The lowest BCUT2D eigenvalue weighted by atomic mass is 9.92. The number of hydrogen-bond donors (Lipinski definition) is 9. The van der Waals surface area contributed by atoms with E-state index in [2.05, 4.69) is 138 Å². The van der Waals surface area contributed by atoms with Crippen LogP contribution in [0.25, 0.3) is 0 Å². The second-order valence-electron chi connectivity index (χ2n) is 36.3. The Hall–Kier alpha value is -12.8. The van der Waals surface area contributed by atoms with Crippen LogP contribution in [0.4, 0.5) is 71.5 Å². The molecule has 1 aliphatic carbocycles. The fraction of sp³-hybridized carbons (Fsp3) is 0.402. The number of alkyl halides is 3. The lowest BCUT2D eigenvalue weighted by Crippen LogP contribution is -2.45. The van der Waals surface area contributed by atoms with Crippen LogP contribution in [0, 0.1) is 0 Å². The molecule has 0 unspecified atom stereocenters. The van der Waals surface area contributed by atoms with Crippen LogP contribution in [0.3, 0.4) is 0 Å².